The smallest absolute Gasteiger partial charge is 0.137 e. The first-order chi connectivity index (χ1) is 7.20. The van der Waals surface area contributed by atoms with E-state index in [9.17, 15) is 4.39 Å². The van der Waals surface area contributed by atoms with E-state index in [0.29, 0.717) is 11.3 Å². The number of benzene rings is 1. The number of rotatable bonds is 2. The Kier molecular flexibility index (Phi) is 2.82. The lowest BCUT2D eigenvalue weighted by Crippen LogP contribution is -1.89. The zero-order chi connectivity index (χ0) is 10.8. The van der Waals surface area contributed by atoms with Crippen LogP contribution < -0.4 is 0 Å². The van der Waals surface area contributed by atoms with Gasteiger partial charge < -0.3 is 4.42 Å². The van der Waals surface area contributed by atoms with E-state index >= 15 is 0 Å². The SMILES string of the molecule is C[SH](C)c1cccc(F)c1-c1ccco1. The van der Waals surface area contributed by atoms with Gasteiger partial charge in [0.25, 0.3) is 0 Å². The Morgan fingerprint density at radius 1 is 1.13 bits per heavy atom. The fourth-order valence-corrected chi connectivity index (χ4v) is 2.60. The predicted octanol–water partition coefficient (Wildman–Crippen LogP) is 3.71. The first-order valence-electron chi connectivity index (χ1n) is 4.70. The van der Waals surface area contributed by atoms with Gasteiger partial charge in [-0.2, -0.15) is 0 Å². The van der Waals surface area contributed by atoms with Crippen molar-refractivity contribution < 1.29 is 8.81 Å². The quantitative estimate of drug-likeness (QED) is 0.767. The Labute approximate surface area is 91.3 Å². The molecule has 0 aliphatic rings. The molecule has 0 atom stereocenters. The highest BCUT2D eigenvalue weighted by Crippen LogP contribution is 2.38. The molecular weight excluding hydrogens is 211 g/mol. The highest BCUT2D eigenvalue weighted by molar-refractivity contribution is 8.16. The first-order valence-corrected chi connectivity index (χ1v) is 6.93. The lowest BCUT2D eigenvalue weighted by Gasteiger charge is -2.14. The van der Waals surface area contributed by atoms with Crippen molar-refractivity contribution in [1.82, 2.24) is 0 Å². The molecule has 0 aliphatic carbocycles. The van der Waals surface area contributed by atoms with E-state index in [1.165, 1.54) is 6.07 Å². The third-order valence-corrected chi connectivity index (χ3v) is 3.58. The van der Waals surface area contributed by atoms with Crippen LogP contribution in [0, 0.1) is 5.82 Å². The van der Waals surface area contributed by atoms with Crippen molar-refractivity contribution in [2.45, 2.75) is 4.90 Å². The van der Waals surface area contributed by atoms with Crippen LogP contribution in [-0.2, 0) is 0 Å². The molecule has 1 heterocycles. The van der Waals surface area contributed by atoms with E-state index in [4.69, 9.17) is 4.42 Å². The van der Waals surface area contributed by atoms with Gasteiger partial charge in [0, 0.05) is 4.90 Å². The van der Waals surface area contributed by atoms with Crippen molar-refractivity contribution in [3.05, 3.63) is 42.4 Å². The van der Waals surface area contributed by atoms with Crippen LogP contribution in [0.5, 0.6) is 0 Å². The van der Waals surface area contributed by atoms with Crippen LogP contribution in [0.1, 0.15) is 0 Å². The van der Waals surface area contributed by atoms with Gasteiger partial charge in [0.15, 0.2) is 0 Å². The summed E-state index contributed by atoms with van der Waals surface area (Å²) in [5.41, 5.74) is 0.610. The van der Waals surface area contributed by atoms with Gasteiger partial charge in [-0.3, -0.25) is 0 Å². The molecule has 1 aromatic carbocycles. The average molecular weight is 224 g/mol. The summed E-state index contributed by atoms with van der Waals surface area (Å²) in [5.74, 6) is 0.401. The number of furan rings is 1. The minimum atomic E-state index is -0.337. The highest BCUT2D eigenvalue weighted by atomic mass is 32.2. The molecule has 0 unspecified atom stereocenters. The van der Waals surface area contributed by atoms with Crippen LogP contribution in [0.4, 0.5) is 4.39 Å². The monoisotopic (exact) mass is 224 g/mol. The molecule has 0 saturated heterocycles. The molecular formula is C12H13FOS. The van der Waals surface area contributed by atoms with Crippen LogP contribution in [0.15, 0.2) is 45.9 Å². The second-order valence-electron chi connectivity index (χ2n) is 3.51. The molecule has 0 radical (unpaired) electrons. The average Bonchev–Trinajstić information content (AvgIpc) is 2.70. The molecule has 0 amide bonds. The van der Waals surface area contributed by atoms with Crippen LogP contribution in [-0.4, -0.2) is 12.5 Å². The van der Waals surface area contributed by atoms with E-state index in [1.54, 1.807) is 24.5 Å². The minimum Gasteiger partial charge on any atom is -0.464 e. The number of halogens is 1. The maximum Gasteiger partial charge on any atom is 0.137 e. The van der Waals surface area contributed by atoms with E-state index < -0.39 is 0 Å². The molecule has 80 valence electrons. The van der Waals surface area contributed by atoms with Gasteiger partial charge in [0.05, 0.1) is 11.8 Å². The summed E-state index contributed by atoms with van der Waals surface area (Å²) in [6.45, 7) is 0. The first kappa shape index (κ1) is 10.3. The van der Waals surface area contributed by atoms with Crippen LogP contribution >= 0.6 is 10.9 Å². The molecule has 0 saturated carbocycles. The van der Waals surface area contributed by atoms with E-state index in [2.05, 4.69) is 12.5 Å². The molecule has 0 N–H and O–H groups in total. The topological polar surface area (TPSA) is 13.1 Å². The third-order valence-electron chi connectivity index (χ3n) is 2.24. The summed E-state index contributed by atoms with van der Waals surface area (Å²) >= 11 is 0. The molecule has 0 spiro atoms. The fraction of sp³-hybridized carbons (Fsp3) is 0.167. The Hall–Kier alpha value is -1.22. The molecule has 1 aromatic heterocycles. The van der Waals surface area contributed by atoms with Crippen LogP contribution in [0.2, 0.25) is 0 Å². The molecule has 0 fully saturated rings. The van der Waals surface area contributed by atoms with Crippen molar-refractivity contribution >= 4 is 10.9 Å². The summed E-state index contributed by atoms with van der Waals surface area (Å²) in [7, 11) is -0.337. The van der Waals surface area contributed by atoms with Crippen molar-refractivity contribution in [2.24, 2.45) is 0 Å². The summed E-state index contributed by atoms with van der Waals surface area (Å²) in [5, 5.41) is 0. The van der Waals surface area contributed by atoms with E-state index in [0.717, 1.165) is 4.90 Å². The Balaban J connectivity index is 2.63. The van der Waals surface area contributed by atoms with Crippen molar-refractivity contribution in [3.63, 3.8) is 0 Å². The Morgan fingerprint density at radius 2 is 1.93 bits per heavy atom. The van der Waals surface area contributed by atoms with Crippen LogP contribution in [0.3, 0.4) is 0 Å². The molecule has 2 rings (SSSR count). The van der Waals surface area contributed by atoms with Gasteiger partial charge in [0.2, 0.25) is 0 Å². The van der Waals surface area contributed by atoms with Gasteiger partial charge in [-0.05, 0) is 36.8 Å². The number of hydrogen-bond donors (Lipinski definition) is 1. The standard InChI is InChI=1S/C12H13FOS/c1-15(2)11-7-3-5-9(13)12(11)10-6-4-8-14-10/h3-8,15H,1-2H3. The summed E-state index contributed by atoms with van der Waals surface area (Å²) in [4.78, 5) is 1.04. The normalized spacial score (nSPS) is 11.5. The Morgan fingerprint density at radius 3 is 2.53 bits per heavy atom. The molecule has 15 heavy (non-hydrogen) atoms. The molecule has 2 aromatic rings. The number of thiol groups is 1. The zero-order valence-electron chi connectivity index (χ0n) is 8.70. The summed E-state index contributed by atoms with van der Waals surface area (Å²) in [6, 6.07) is 8.76. The summed E-state index contributed by atoms with van der Waals surface area (Å²) in [6.07, 6.45) is 5.78. The van der Waals surface area contributed by atoms with Gasteiger partial charge >= 0.3 is 0 Å². The van der Waals surface area contributed by atoms with Crippen molar-refractivity contribution in [3.8, 4) is 11.3 Å². The highest BCUT2D eigenvalue weighted by Gasteiger charge is 2.13. The summed E-state index contributed by atoms with van der Waals surface area (Å²) < 4.78 is 19.0. The van der Waals surface area contributed by atoms with E-state index in [1.807, 2.05) is 6.07 Å². The maximum absolute atomic E-state index is 13.7. The second-order valence-corrected chi connectivity index (χ2v) is 5.78. The van der Waals surface area contributed by atoms with Crippen molar-refractivity contribution in [1.29, 1.82) is 0 Å². The lowest BCUT2D eigenvalue weighted by atomic mass is 10.1. The van der Waals surface area contributed by atoms with Crippen LogP contribution in [0.25, 0.3) is 11.3 Å². The Bertz CT molecular complexity index is 449. The third kappa shape index (κ3) is 1.92. The molecule has 0 aliphatic heterocycles. The maximum atomic E-state index is 13.7. The molecule has 0 bridgehead atoms. The van der Waals surface area contributed by atoms with Gasteiger partial charge in [-0.25, -0.2) is 15.3 Å². The molecule has 3 heteroatoms. The largest absolute Gasteiger partial charge is 0.464 e. The van der Waals surface area contributed by atoms with Gasteiger partial charge in [-0.15, -0.1) is 0 Å². The molecule has 1 nitrogen and oxygen atoms in total. The van der Waals surface area contributed by atoms with E-state index in [-0.39, 0.29) is 16.7 Å². The van der Waals surface area contributed by atoms with Gasteiger partial charge in [-0.1, -0.05) is 6.07 Å². The minimum absolute atomic E-state index is 0.210. The van der Waals surface area contributed by atoms with Crippen molar-refractivity contribution in [2.75, 3.05) is 12.5 Å². The predicted molar refractivity (Wildman–Crippen MR) is 63.2 cm³/mol. The lowest BCUT2D eigenvalue weighted by molar-refractivity contribution is 0.566. The number of hydrogen-bond acceptors (Lipinski definition) is 1. The fourth-order valence-electron chi connectivity index (χ4n) is 1.55. The van der Waals surface area contributed by atoms with Gasteiger partial charge in [0.1, 0.15) is 11.6 Å². The second kappa shape index (κ2) is 4.11. The zero-order valence-corrected chi connectivity index (χ0v) is 9.59.